The number of rotatable bonds is 5. The highest BCUT2D eigenvalue weighted by Gasteiger charge is 2.30. The molecule has 9 heteroatoms. The lowest BCUT2D eigenvalue weighted by molar-refractivity contribution is -0.143. The highest BCUT2D eigenvalue weighted by molar-refractivity contribution is 5.75. The molecule has 0 aliphatic carbocycles. The van der Waals surface area contributed by atoms with Crippen LogP contribution in [0, 0.1) is 5.92 Å². The number of alkyl halides is 3. The molecule has 0 atom stereocenters. The molecular weight excluding hydrogens is 341 g/mol. The Balaban J connectivity index is 1.71. The average Bonchev–Trinajstić information content (AvgIpc) is 2.58. The van der Waals surface area contributed by atoms with E-state index in [1.54, 1.807) is 0 Å². The van der Waals surface area contributed by atoms with Crippen LogP contribution in [0.4, 0.5) is 18.0 Å². The molecule has 138 valence electrons. The first-order valence-electron chi connectivity index (χ1n) is 7.83. The van der Waals surface area contributed by atoms with Gasteiger partial charge in [-0.05, 0) is 31.0 Å². The summed E-state index contributed by atoms with van der Waals surface area (Å²) in [5.74, 6) is -1.20. The number of hydrogen-bond acceptors (Lipinski definition) is 3. The third-order valence-electron chi connectivity index (χ3n) is 3.94. The minimum absolute atomic E-state index is 0.0264. The van der Waals surface area contributed by atoms with Gasteiger partial charge in [0.1, 0.15) is 12.4 Å². The van der Waals surface area contributed by atoms with Crippen LogP contribution in [0.1, 0.15) is 18.4 Å². The second kappa shape index (κ2) is 8.09. The van der Waals surface area contributed by atoms with Crippen LogP contribution in [-0.2, 0) is 11.0 Å². The number of amides is 2. The molecule has 1 aromatic carbocycles. The molecule has 25 heavy (non-hydrogen) atoms. The van der Waals surface area contributed by atoms with E-state index in [0.717, 1.165) is 12.1 Å². The van der Waals surface area contributed by atoms with E-state index < -0.39 is 23.6 Å². The molecule has 2 N–H and O–H groups in total. The normalized spacial score (nSPS) is 15.7. The van der Waals surface area contributed by atoms with Gasteiger partial charge in [-0.15, -0.1) is 0 Å². The smallest absolute Gasteiger partial charge is 0.416 e. The van der Waals surface area contributed by atoms with Crippen molar-refractivity contribution in [3.05, 3.63) is 29.8 Å². The molecular formula is C16H19F3N2O4. The number of piperidine rings is 1. The van der Waals surface area contributed by atoms with E-state index in [9.17, 15) is 22.8 Å². The number of halogens is 3. The molecule has 2 amide bonds. The van der Waals surface area contributed by atoms with E-state index in [0.29, 0.717) is 25.9 Å². The molecule has 1 aliphatic rings. The maximum Gasteiger partial charge on any atom is 0.416 e. The minimum Gasteiger partial charge on any atom is -0.492 e. The maximum atomic E-state index is 12.6. The summed E-state index contributed by atoms with van der Waals surface area (Å²) in [6, 6.07) is 4.18. The lowest BCUT2D eigenvalue weighted by Crippen LogP contribution is -2.46. The van der Waals surface area contributed by atoms with Crippen molar-refractivity contribution in [3.63, 3.8) is 0 Å². The first-order valence-corrected chi connectivity index (χ1v) is 7.83. The largest absolute Gasteiger partial charge is 0.492 e. The molecule has 2 rings (SSSR count). The summed E-state index contributed by atoms with van der Waals surface area (Å²) in [6.07, 6.45) is -3.62. The summed E-state index contributed by atoms with van der Waals surface area (Å²) in [4.78, 5) is 24.3. The summed E-state index contributed by atoms with van der Waals surface area (Å²) in [6.45, 7) is 0.876. The van der Waals surface area contributed by atoms with Crippen molar-refractivity contribution in [2.45, 2.75) is 19.0 Å². The van der Waals surface area contributed by atoms with Gasteiger partial charge in [0, 0.05) is 13.1 Å². The standard InChI is InChI=1S/C16H19F3N2O4/c17-16(18,19)12-2-1-3-13(10-12)25-9-6-20-15(24)21-7-4-11(5-8-21)14(22)23/h1-3,10-11H,4-9H2,(H,20,24)(H,22,23). The number of carbonyl (C=O) groups is 2. The van der Waals surface area contributed by atoms with Gasteiger partial charge in [-0.2, -0.15) is 13.2 Å². The lowest BCUT2D eigenvalue weighted by atomic mass is 9.97. The van der Waals surface area contributed by atoms with Crippen LogP contribution in [0.3, 0.4) is 0 Å². The van der Waals surface area contributed by atoms with Gasteiger partial charge in [0.05, 0.1) is 18.0 Å². The zero-order valence-corrected chi connectivity index (χ0v) is 13.4. The summed E-state index contributed by atoms with van der Waals surface area (Å²) in [5, 5.41) is 11.5. The van der Waals surface area contributed by atoms with Crippen LogP contribution in [0.5, 0.6) is 5.75 Å². The van der Waals surface area contributed by atoms with Gasteiger partial charge in [0.15, 0.2) is 0 Å². The Hall–Kier alpha value is -2.45. The van der Waals surface area contributed by atoms with Crippen LogP contribution in [0.25, 0.3) is 0 Å². The number of carboxylic acid groups (broad SMARTS) is 1. The monoisotopic (exact) mass is 360 g/mol. The number of urea groups is 1. The summed E-state index contributed by atoms with van der Waals surface area (Å²) in [7, 11) is 0. The second-order valence-corrected chi connectivity index (χ2v) is 5.71. The topological polar surface area (TPSA) is 78.9 Å². The van der Waals surface area contributed by atoms with Crippen molar-refractivity contribution in [2.24, 2.45) is 5.92 Å². The number of carboxylic acids is 1. The number of hydrogen-bond donors (Lipinski definition) is 2. The van der Waals surface area contributed by atoms with E-state index in [-0.39, 0.29) is 24.9 Å². The maximum absolute atomic E-state index is 12.6. The first kappa shape index (κ1) is 18.9. The fourth-order valence-electron chi connectivity index (χ4n) is 2.53. The van der Waals surface area contributed by atoms with E-state index in [1.807, 2.05) is 0 Å². The van der Waals surface area contributed by atoms with Crippen molar-refractivity contribution in [2.75, 3.05) is 26.2 Å². The number of likely N-dealkylation sites (tertiary alicyclic amines) is 1. The fourth-order valence-corrected chi connectivity index (χ4v) is 2.53. The Labute approximate surface area is 142 Å². The van der Waals surface area contributed by atoms with Crippen LogP contribution in [-0.4, -0.2) is 48.2 Å². The van der Waals surface area contributed by atoms with Crippen LogP contribution in [0.15, 0.2) is 24.3 Å². The van der Waals surface area contributed by atoms with Crippen molar-refractivity contribution in [3.8, 4) is 5.75 Å². The zero-order valence-electron chi connectivity index (χ0n) is 13.4. The van der Waals surface area contributed by atoms with E-state index in [1.165, 1.54) is 17.0 Å². The highest BCUT2D eigenvalue weighted by atomic mass is 19.4. The lowest BCUT2D eigenvalue weighted by Gasteiger charge is -2.30. The number of carbonyl (C=O) groups excluding carboxylic acids is 1. The van der Waals surface area contributed by atoms with Gasteiger partial charge < -0.3 is 20.1 Å². The molecule has 0 bridgehead atoms. The van der Waals surface area contributed by atoms with Crippen LogP contribution < -0.4 is 10.1 Å². The number of ether oxygens (including phenoxy) is 1. The molecule has 6 nitrogen and oxygen atoms in total. The SMILES string of the molecule is O=C(O)C1CCN(C(=O)NCCOc2cccc(C(F)(F)F)c2)CC1. The van der Waals surface area contributed by atoms with E-state index in [2.05, 4.69) is 5.32 Å². The third kappa shape index (κ3) is 5.54. The van der Waals surface area contributed by atoms with Crippen LogP contribution >= 0.6 is 0 Å². The Morgan fingerprint density at radius 3 is 2.56 bits per heavy atom. The molecule has 0 unspecified atom stereocenters. The third-order valence-corrected chi connectivity index (χ3v) is 3.94. The second-order valence-electron chi connectivity index (χ2n) is 5.71. The predicted octanol–water partition coefficient (Wildman–Crippen LogP) is 2.59. The zero-order chi connectivity index (χ0) is 18.4. The predicted molar refractivity (Wildman–Crippen MR) is 82.3 cm³/mol. The quantitative estimate of drug-likeness (QED) is 0.791. The molecule has 1 saturated heterocycles. The average molecular weight is 360 g/mol. The summed E-state index contributed by atoms with van der Waals surface area (Å²) in [5.41, 5.74) is -0.796. The van der Waals surface area contributed by atoms with E-state index in [4.69, 9.17) is 9.84 Å². The highest BCUT2D eigenvalue weighted by Crippen LogP contribution is 2.31. The van der Waals surface area contributed by atoms with E-state index >= 15 is 0 Å². The van der Waals surface area contributed by atoms with Crippen molar-refractivity contribution >= 4 is 12.0 Å². The summed E-state index contributed by atoms with van der Waals surface area (Å²) >= 11 is 0. The Morgan fingerprint density at radius 2 is 1.96 bits per heavy atom. The van der Waals surface area contributed by atoms with Gasteiger partial charge in [-0.3, -0.25) is 4.79 Å². The fraction of sp³-hybridized carbons (Fsp3) is 0.500. The molecule has 1 fully saturated rings. The Morgan fingerprint density at radius 1 is 1.28 bits per heavy atom. The van der Waals surface area contributed by atoms with Gasteiger partial charge in [-0.1, -0.05) is 6.07 Å². The molecule has 1 aliphatic heterocycles. The van der Waals surface area contributed by atoms with Crippen molar-refractivity contribution in [1.29, 1.82) is 0 Å². The molecule has 1 aromatic rings. The van der Waals surface area contributed by atoms with Gasteiger partial charge >= 0.3 is 18.2 Å². The Kier molecular flexibility index (Phi) is 6.11. The molecule has 0 aromatic heterocycles. The van der Waals surface area contributed by atoms with Crippen molar-refractivity contribution < 1.29 is 32.6 Å². The Bertz CT molecular complexity index is 614. The van der Waals surface area contributed by atoms with Gasteiger partial charge in [0.25, 0.3) is 0 Å². The molecule has 1 heterocycles. The van der Waals surface area contributed by atoms with Gasteiger partial charge in [0.2, 0.25) is 0 Å². The first-order chi connectivity index (χ1) is 11.8. The molecule has 0 spiro atoms. The molecule has 0 radical (unpaired) electrons. The van der Waals surface area contributed by atoms with Crippen LogP contribution in [0.2, 0.25) is 0 Å². The molecule has 0 saturated carbocycles. The number of nitrogens with one attached hydrogen (secondary N) is 1. The number of aliphatic carboxylic acids is 1. The minimum atomic E-state index is -4.43. The van der Waals surface area contributed by atoms with Crippen molar-refractivity contribution in [1.82, 2.24) is 10.2 Å². The summed E-state index contributed by atoms with van der Waals surface area (Å²) < 4.78 is 43.0. The number of benzene rings is 1. The van der Waals surface area contributed by atoms with Gasteiger partial charge in [-0.25, -0.2) is 4.79 Å². The number of nitrogens with zero attached hydrogens (tertiary/aromatic N) is 1.